The highest BCUT2D eigenvalue weighted by molar-refractivity contribution is 9.10. The highest BCUT2D eigenvalue weighted by Gasteiger charge is 2.20. The van der Waals surface area contributed by atoms with Crippen molar-refractivity contribution in [1.29, 1.82) is 0 Å². The molecule has 0 aromatic heterocycles. The SMILES string of the molecule is O=[N+]([O-])c1cc(F)cc(Br)c1OCCCl. The molecule has 0 saturated heterocycles. The number of nitrogens with zero attached hydrogens (tertiary/aromatic N) is 1. The predicted octanol–water partition coefficient (Wildman–Crippen LogP) is 3.11. The molecule has 0 amide bonds. The van der Waals surface area contributed by atoms with Crippen molar-refractivity contribution in [3.63, 3.8) is 0 Å². The molecule has 0 bridgehead atoms. The van der Waals surface area contributed by atoms with Gasteiger partial charge in [0.2, 0.25) is 5.75 Å². The maximum Gasteiger partial charge on any atom is 0.315 e. The fraction of sp³-hybridized carbons (Fsp3) is 0.250. The lowest BCUT2D eigenvalue weighted by molar-refractivity contribution is -0.386. The molecule has 0 radical (unpaired) electrons. The number of alkyl halides is 1. The van der Waals surface area contributed by atoms with Gasteiger partial charge in [0, 0.05) is 0 Å². The summed E-state index contributed by atoms with van der Waals surface area (Å²) < 4.78 is 18.1. The van der Waals surface area contributed by atoms with Crippen LogP contribution in [0.1, 0.15) is 0 Å². The number of hydrogen-bond acceptors (Lipinski definition) is 3. The van der Waals surface area contributed by atoms with Crippen molar-refractivity contribution >= 4 is 33.2 Å². The van der Waals surface area contributed by atoms with Crippen LogP contribution >= 0.6 is 27.5 Å². The van der Waals surface area contributed by atoms with E-state index in [-0.39, 0.29) is 22.7 Å². The van der Waals surface area contributed by atoms with Gasteiger partial charge in [-0.05, 0) is 22.0 Å². The lowest BCUT2D eigenvalue weighted by Gasteiger charge is -2.06. The van der Waals surface area contributed by atoms with Gasteiger partial charge >= 0.3 is 5.69 Å². The van der Waals surface area contributed by atoms with Crippen LogP contribution in [-0.4, -0.2) is 17.4 Å². The maximum absolute atomic E-state index is 12.9. The minimum absolute atomic E-state index is 0.0120. The van der Waals surface area contributed by atoms with Gasteiger partial charge in [-0.1, -0.05) is 0 Å². The lowest BCUT2D eigenvalue weighted by Crippen LogP contribution is -2.02. The largest absolute Gasteiger partial charge is 0.485 e. The molecular formula is C8H6BrClFNO3. The van der Waals surface area contributed by atoms with Gasteiger partial charge in [-0.3, -0.25) is 10.1 Å². The van der Waals surface area contributed by atoms with Crippen LogP contribution in [0.2, 0.25) is 0 Å². The van der Waals surface area contributed by atoms with E-state index in [1.54, 1.807) is 0 Å². The molecular weight excluding hydrogens is 292 g/mol. The van der Waals surface area contributed by atoms with E-state index in [0.29, 0.717) is 0 Å². The first-order chi connectivity index (χ1) is 7.06. The molecule has 0 heterocycles. The molecule has 82 valence electrons. The summed E-state index contributed by atoms with van der Waals surface area (Å²) in [6.07, 6.45) is 0. The quantitative estimate of drug-likeness (QED) is 0.487. The summed E-state index contributed by atoms with van der Waals surface area (Å²) in [6.45, 7) is 0.118. The number of nitro benzene ring substituents is 1. The molecule has 0 spiro atoms. The maximum atomic E-state index is 12.9. The minimum Gasteiger partial charge on any atom is -0.485 e. The lowest BCUT2D eigenvalue weighted by atomic mass is 10.3. The normalized spacial score (nSPS) is 10.1. The molecule has 0 fully saturated rings. The molecule has 1 rings (SSSR count). The predicted molar refractivity (Wildman–Crippen MR) is 57.0 cm³/mol. The van der Waals surface area contributed by atoms with E-state index in [9.17, 15) is 14.5 Å². The Morgan fingerprint density at radius 1 is 1.60 bits per heavy atom. The van der Waals surface area contributed by atoms with Crippen LogP contribution in [0.25, 0.3) is 0 Å². The van der Waals surface area contributed by atoms with Gasteiger partial charge in [0.25, 0.3) is 0 Å². The monoisotopic (exact) mass is 297 g/mol. The summed E-state index contributed by atoms with van der Waals surface area (Å²) in [6, 6.07) is 1.89. The van der Waals surface area contributed by atoms with Crippen LogP contribution in [-0.2, 0) is 0 Å². The third kappa shape index (κ3) is 3.04. The molecule has 0 aliphatic rings. The Hall–Kier alpha value is -0.880. The van der Waals surface area contributed by atoms with E-state index in [2.05, 4.69) is 15.9 Å². The number of benzene rings is 1. The van der Waals surface area contributed by atoms with E-state index in [4.69, 9.17) is 16.3 Å². The molecule has 4 nitrogen and oxygen atoms in total. The molecule has 7 heteroatoms. The van der Waals surface area contributed by atoms with Crippen LogP contribution in [0.3, 0.4) is 0 Å². The third-order valence-electron chi connectivity index (χ3n) is 1.51. The fourth-order valence-corrected chi connectivity index (χ4v) is 1.58. The van der Waals surface area contributed by atoms with Gasteiger partial charge in [-0.2, -0.15) is 0 Å². The molecule has 1 aromatic rings. The summed E-state index contributed by atoms with van der Waals surface area (Å²) >= 11 is 8.37. The molecule has 0 unspecified atom stereocenters. The molecule has 0 aliphatic carbocycles. The number of nitro groups is 1. The summed E-state index contributed by atoms with van der Waals surface area (Å²) in [5, 5.41) is 10.6. The topological polar surface area (TPSA) is 52.4 Å². The Morgan fingerprint density at radius 3 is 2.80 bits per heavy atom. The Balaban J connectivity index is 3.15. The Labute approximate surface area is 98.3 Å². The van der Waals surface area contributed by atoms with E-state index in [1.165, 1.54) is 0 Å². The molecule has 1 aromatic carbocycles. The van der Waals surface area contributed by atoms with E-state index in [0.717, 1.165) is 12.1 Å². The first kappa shape index (κ1) is 12.2. The average Bonchev–Trinajstić information content (AvgIpc) is 2.15. The van der Waals surface area contributed by atoms with Crippen LogP contribution in [0.4, 0.5) is 10.1 Å². The smallest absolute Gasteiger partial charge is 0.315 e. The molecule has 15 heavy (non-hydrogen) atoms. The Kier molecular flexibility index (Phi) is 4.28. The van der Waals surface area contributed by atoms with Crippen molar-refractivity contribution in [2.24, 2.45) is 0 Å². The molecule has 0 atom stereocenters. The van der Waals surface area contributed by atoms with Crippen molar-refractivity contribution in [1.82, 2.24) is 0 Å². The van der Waals surface area contributed by atoms with Gasteiger partial charge < -0.3 is 4.74 Å². The molecule has 0 saturated carbocycles. The highest BCUT2D eigenvalue weighted by Crippen LogP contribution is 2.35. The van der Waals surface area contributed by atoms with E-state index >= 15 is 0 Å². The summed E-state index contributed by atoms with van der Waals surface area (Å²) in [5.41, 5.74) is -0.424. The average molecular weight is 298 g/mol. The van der Waals surface area contributed by atoms with E-state index in [1.807, 2.05) is 0 Å². The van der Waals surface area contributed by atoms with Crippen LogP contribution < -0.4 is 4.74 Å². The number of hydrogen-bond donors (Lipinski definition) is 0. The summed E-state index contributed by atoms with van der Waals surface area (Å²) in [4.78, 5) is 9.88. The van der Waals surface area contributed by atoms with Gasteiger partial charge in [0.05, 0.1) is 21.3 Å². The first-order valence-corrected chi connectivity index (χ1v) is 5.21. The van der Waals surface area contributed by atoms with Crippen molar-refractivity contribution < 1.29 is 14.1 Å². The number of halogens is 3. The second-order valence-corrected chi connectivity index (χ2v) is 3.76. The highest BCUT2D eigenvalue weighted by atomic mass is 79.9. The van der Waals surface area contributed by atoms with Gasteiger partial charge in [0.15, 0.2) is 0 Å². The third-order valence-corrected chi connectivity index (χ3v) is 2.25. The summed E-state index contributed by atoms with van der Waals surface area (Å²) in [7, 11) is 0. The minimum atomic E-state index is -0.711. The zero-order chi connectivity index (χ0) is 11.4. The second kappa shape index (κ2) is 5.27. The molecule has 0 aliphatic heterocycles. The van der Waals surface area contributed by atoms with Gasteiger partial charge in [0.1, 0.15) is 12.4 Å². The van der Waals surface area contributed by atoms with E-state index < -0.39 is 16.4 Å². The first-order valence-electron chi connectivity index (χ1n) is 3.88. The van der Waals surface area contributed by atoms with Crippen molar-refractivity contribution in [2.45, 2.75) is 0 Å². The Morgan fingerprint density at radius 2 is 2.27 bits per heavy atom. The zero-order valence-corrected chi connectivity index (χ0v) is 9.72. The van der Waals surface area contributed by atoms with Crippen LogP contribution in [0.5, 0.6) is 5.75 Å². The second-order valence-electron chi connectivity index (χ2n) is 2.53. The van der Waals surface area contributed by atoms with Crippen molar-refractivity contribution in [3.8, 4) is 5.75 Å². The molecule has 0 N–H and O–H groups in total. The number of ether oxygens (including phenoxy) is 1. The van der Waals surface area contributed by atoms with Crippen molar-refractivity contribution in [3.05, 3.63) is 32.5 Å². The zero-order valence-electron chi connectivity index (χ0n) is 7.37. The Bertz CT molecular complexity index is 388. The van der Waals surface area contributed by atoms with Crippen LogP contribution in [0, 0.1) is 15.9 Å². The standard InChI is InChI=1S/C8H6BrClFNO3/c9-6-3-5(11)4-7(12(13)14)8(6)15-2-1-10/h3-4H,1-2H2. The number of rotatable bonds is 4. The fourth-order valence-electron chi connectivity index (χ4n) is 0.966. The summed E-state index contributed by atoms with van der Waals surface area (Å²) in [5.74, 6) is -0.519. The van der Waals surface area contributed by atoms with Gasteiger partial charge in [-0.15, -0.1) is 11.6 Å². The van der Waals surface area contributed by atoms with Crippen molar-refractivity contribution in [2.75, 3.05) is 12.5 Å². The van der Waals surface area contributed by atoms with Gasteiger partial charge in [-0.25, -0.2) is 4.39 Å². The van der Waals surface area contributed by atoms with Crippen LogP contribution in [0.15, 0.2) is 16.6 Å².